The standard InChI is InChI=1S/C21H41N7O6/c1-10(2)9-14(27-18(31)15(22)11(3)4)17(30)28-16(12(5)29)19(32)26-13(20(33)34)7-6-8-25-21(23)24/h10-16,29H,6-9,22H2,1-5H3,(H,26,32)(H,27,31)(H,28,30)(H,33,34)(H4,23,24,25). The second-order valence-corrected chi connectivity index (χ2v) is 9.04. The van der Waals surface area contributed by atoms with Crippen LogP contribution in [0.2, 0.25) is 0 Å². The second-order valence-electron chi connectivity index (χ2n) is 9.04. The third-order valence-corrected chi connectivity index (χ3v) is 4.98. The van der Waals surface area contributed by atoms with E-state index in [1.165, 1.54) is 6.92 Å². The number of aliphatic hydroxyl groups excluding tert-OH is 1. The Hall–Kier alpha value is -2.93. The molecule has 0 aromatic rings. The highest BCUT2D eigenvalue weighted by atomic mass is 16.4. The van der Waals surface area contributed by atoms with Gasteiger partial charge in [0.2, 0.25) is 17.7 Å². The van der Waals surface area contributed by atoms with Crippen LogP contribution in [-0.4, -0.2) is 76.7 Å². The Balaban J connectivity index is 5.37. The molecule has 0 spiro atoms. The van der Waals surface area contributed by atoms with E-state index in [-0.39, 0.29) is 43.6 Å². The number of carbonyl (C=O) groups excluding carboxylic acids is 3. The molecule has 0 fully saturated rings. The fourth-order valence-electron chi connectivity index (χ4n) is 2.96. The molecule has 0 saturated heterocycles. The molecule has 13 nitrogen and oxygen atoms in total. The molecule has 0 aliphatic heterocycles. The van der Waals surface area contributed by atoms with Crippen molar-refractivity contribution in [2.45, 2.75) is 84.2 Å². The SMILES string of the molecule is CC(C)CC(NC(=O)C(N)C(C)C)C(=O)NC(C(=O)NC(CCCN=C(N)N)C(=O)O)C(C)O. The zero-order valence-electron chi connectivity index (χ0n) is 20.6. The van der Waals surface area contributed by atoms with Crippen LogP contribution in [0.4, 0.5) is 0 Å². The summed E-state index contributed by atoms with van der Waals surface area (Å²) in [5, 5.41) is 26.8. The maximum absolute atomic E-state index is 12.9. The lowest BCUT2D eigenvalue weighted by Gasteiger charge is -2.27. The van der Waals surface area contributed by atoms with Crippen molar-refractivity contribution in [1.82, 2.24) is 16.0 Å². The van der Waals surface area contributed by atoms with Gasteiger partial charge in [-0.25, -0.2) is 4.79 Å². The zero-order chi connectivity index (χ0) is 26.6. The molecular formula is C21H41N7O6. The molecule has 0 aliphatic carbocycles. The summed E-state index contributed by atoms with van der Waals surface area (Å²) in [6.45, 7) is 8.70. The van der Waals surface area contributed by atoms with E-state index in [1.807, 2.05) is 13.8 Å². The second kappa shape index (κ2) is 15.1. The van der Waals surface area contributed by atoms with Crippen LogP contribution in [-0.2, 0) is 19.2 Å². The summed E-state index contributed by atoms with van der Waals surface area (Å²) in [5.74, 6) is -3.65. The van der Waals surface area contributed by atoms with Crippen molar-refractivity contribution in [2.75, 3.05) is 6.54 Å². The summed E-state index contributed by atoms with van der Waals surface area (Å²) in [5.41, 5.74) is 16.3. The first-order chi connectivity index (χ1) is 15.7. The lowest BCUT2D eigenvalue weighted by molar-refractivity contribution is -0.143. The summed E-state index contributed by atoms with van der Waals surface area (Å²) in [6.07, 6.45) is -0.774. The minimum Gasteiger partial charge on any atom is -0.480 e. The van der Waals surface area contributed by atoms with Crippen LogP contribution >= 0.6 is 0 Å². The summed E-state index contributed by atoms with van der Waals surface area (Å²) >= 11 is 0. The average Bonchev–Trinajstić information content (AvgIpc) is 2.71. The highest BCUT2D eigenvalue weighted by molar-refractivity contribution is 5.94. The number of aliphatic imine (C=N–C) groups is 1. The number of nitrogens with two attached hydrogens (primary N) is 3. The molecule has 34 heavy (non-hydrogen) atoms. The summed E-state index contributed by atoms with van der Waals surface area (Å²) < 4.78 is 0. The first kappa shape index (κ1) is 31.1. The van der Waals surface area contributed by atoms with Crippen LogP contribution in [0.1, 0.15) is 53.9 Å². The third kappa shape index (κ3) is 11.8. The molecular weight excluding hydrogens is 446 g/mol. The number of nitrogens with zero attached hydrogens (tertiary/aromatic N) is 1. The number of hydrogen-bond acceptors (Lipinski definition) is 7. The van der Waals surface area contributed by atoms with Gasteiger partial charge in [-0.2, -0.15) is 0 Å². The molecule has 196 valence electrons. The highest BCUT2D eigenvalue weighted by Gasteiger charge is 2.33. The predicted molar refractivity (Wildman–Crippen MR) is 127 cm³/mol. The van der Waals surface area contributed by atoms with Crippen molar-refractivity contribution in [2.24, 2.45) is 34.0 Å². The minimum atomic E-state index is -1.45. The van der Waals surface area contributed by atoms with Crippen molar-refractivity contribution in [1.29, 1.82) is 0 Å². The number of carboxylic acids is 1. The van der Waals surface area contributed by atoms with Crippen LogP contribution in [0.15, 0.2) is 4.99 Å². The topological polar surface area (TPSA) is 235 Å². The van der Waals surface area contributed by atoms with Gasteiger partial charge in [0.25, 0.3) is 0 Å². The van der Waals surface area contributed by atoms with Crippen LogP contribution in [0, 0.1) is 11.8 Å². The van der Waals surface area contributed by atoms with Crippen LogP contribution < -0.4 is 33.2 Å². The molecule has 0 bridgehead atoms. The van der Waals surface area contributed by atoms with Gasteiger partial charge in [0.05, 0.1) is 12.1 Å². The zero-order valence-corrected chi connectivity index (χ0v) is 20.6. The number of guanidine groups is 1. The molecule has 5 atom stereocenters. The molecule has 3 amide bonds. The Morgan fingerprint density at radius 2 is 1.44 bits per heavy atom. The lowest BCUT2D eigenvalue weighted by atomic mass is 10.00. The molecule has 0 heterocycles. The molecule has 5 unspecified atom stereocenters. The number of aliphatic hydroxyl groups is 1. The van der Waals surface area contributed by atoms with Crippen molar-refractivity contribution >= 4 is 29.7 Å². The molecule has 0 rings (SSSR count). The minimum absolute atomic E-state index is 0.0201. The Labute approximate surface area is 200 Å². The fourth-order valence-corrected chi connectivity index (χ4v) is 2.96. The van der Waals surface area contributed by atoms with E-state index < -0.39 is 54.0 Å². The largest absolute Gasteiger partial charge is 0.480 e. The molecule has 0 saturated carbocycles. The predicted octanol–water partition coefficient (Wildman–Crippen LogP) is -2.01. The van der Waals surface area contributed by atoms with E-state index in [0.717, 1.165) is 0 Å². The summed E-state index contributed by atoms with van der Waals surface area (Å²) in [6, 6.07) is -4.55. The van der Waals surface area contributed by atoms with E-state index >= 15 is 0 Å². The first-order valence-electron chi connectivity index (χ1n) is 11.3. The van der Waals surface area contributed by atoms with Gasteiger partial charge in [-0.05, 0) is 38.0 Å². The van der Waals surface area contributed by atoms with Crippen LogP contribution in [0.25, 0.3) is 0 Å². The van der Waals surface area contributed by atoms with Crippen molar-refractivity contribution in [3.8, 4) is 0 Å². The molecule has 13 heteroatoms. The maximum atomic E-state index is 12.9. The number of nitrogens with one attached hydrogen (secondary N) is 3. The summed E-state index contributed by atoms with van der Waals surface area (Å²) in [4.78, 5) is 53.3. The Bertz CT molecular complexity index is 722. The van der Waals surface area contributed by atoms with Crippen molar-refractivity contribution in [3.05, 3.63) is 0 Å². The third-order valence-electron chi connectivity index (χ3n) is 4.98. The van der Waals surface area contributed by atoms with Gasteiger partial charge in [0.1, 0.15) is 18.1 Å². The number of carboxylic acid groups (broad SMARTS) is 1. The number of hydrogen-bond donors (Lipinski definition) is 8. The maximum Gasteiger partial charge on any atom is 0.326 e. The average molecular weight is 488 g/mol. The van der Waals surface area contributed by atoms with E-state index in [4.69, 9.17) is 17.2 Å². The van der Waals surface area contributed by atoms with E-state index in [0.29, 0.717) is 0 Å². The number of carbonyl (C=O) groups is 4. The lowest BCUT2D eigenvalue weighted by Crippen LogP contribution is -2.60. The van der Waals surface area contributed by atoms with Gasteiger partial charge in [-0.3, -0.25) is 19.4 Å². The van der Waals surface area contributed by atoms with Crippen LogP contribution in [0.5, 0.6) is 0 Å². The molecule has 0 aromatic heterocycles. The quantitative estimate of drug-likeness (QED) is 0.0722. The first-order valence-corrected chi connectivity index (χ1v) is 11.3. The van der Waals surface area contributed by atoms with E-state index in [9.17, 15) is 29.4 Å². The fraction of sp³-hybridized carbons (Fsp3) is 0.762. The number of rotatable bonds is 15. The van der Waals surface area contributed by atoms with Gasteiger partial charge in [-0.1, -0.05) is 27.7 Å². The highest BCUT2D eigenvalue weighted by Crippen LogP contribution is 2.08. The summed E-state index contributed by atoms with van der Waals surface area (Å²) in [7, 11) is 0. The molecule has 0 radical (unpaired) electrons. The van der Waals surface area contributed by atoms with Crippen LogP contribution in [0.3, 0.4) is 0 Å². The van der Waals surface area contributed by atoms with E-state index in [2.05, 4.69) is 20.9 Å². The van der Waals surface area contributed by atoms with Gasteiger partial charge in [0.15, 0.2) is 5.96 Å². The monoisotopic (exact) mass is 487 g/mol. The van der Waals surface area contributed by atoms with Gasteiger partial charge in [-0.15, -0.1) is 0 Å². The van der Waals surface area contributed by atoms with Crippen molar-refractivity contribution in [3.63, 3.8) is 0 Å². The smallest absolute Gasteiger partial charge is 0.326 e. The van der Waals surface area contributed by atoms with Crippen molar-refractivity contribution < 1.29 is 29.4 Å². The molecule has 11 N–H and O–H groups in total. The normalized spacial score (nSPS) is 15.6. The molecule has 0 aliphatic rings. The Morgan fingerprint density at radius 3 is 1.88 bits per heavy atom. The Kier molecular flexibility index (Phi) is 13.8. The molecule has 0 aromatic carbocycles. The van der Waals surface area contributed by atoms with E-state index in [1.54, 1.807) is 13.8 Å². The van der Waals surface area contributed by atoms with Gasteiger partial charge >= 0.3 is 5.97 Å². The number of aliphatic carboxylic acids is 1. The van der Waals surface area contributed by atoms with Gasteiger partial charge in [0, 0.05) is 6.54 Å². The number of amides is 3. The van der Waals surface area contributed by atoms with Gasteiger partial charge < -0.3 is 43.4 Å². The Morgan fingerprint density at radius 1 is 0.882 bits per heavy atom.